The normalized spacial score (nSPS) is 13.0. The van der Waals surface area contributed by atoms with Gasteiger partial charge in [-0.15, -0.1) is 0 Å². The van der Waals surface area contributed by atoms with Crippen molar-refractivity contribution in [3.05, 3.63) is 64.7 Å². The van der Waals surface area contributed by atoms with Gasteiger partial charge in [0.05, 0.1) is 12.0 Å². The number of aryl methyl sites for hydroxylation is 2. The minimum absolute atomic E-state index is 0.0536. The number of carbonyl (C=O) groups excluding carboxylic acids is 1. The van der Waals surface area contributed by atoms with E-state index in [9.17, 15) is 9.00 Å². The zero-order valence-corrected chi connectivity index (χ0v) is 22.1. The third kappa shape index (κ3) is 9.79. The van der Waals surface area contributed by atoms with Crippen LogP contribution in [-0.4, -0.2) is 33.0 Å². The first-order valence-electron chi connectivity index (χ1n) is 11.2. The molecule has 0 aromatic heterocycles. The van der Waals surface area contributed by atoms with E-state index >= 15 is 0 Å². The van der Waals surface area contributed by atoms with Gasteiger partial charge < -0.3 is 15.4 Å². The molecule has 0 fully saturated rings. The quantitative estimate of drug-likeness (QED) is 0.217. The first-order valence-corrected chi connectivity index (χ1v) is 12.7. The molecule has 2 rings (SSSR count). The molecule has 0 saturated carbocycles. The van der Waals surface area contributed by atoms with Crippen molar-refractivity contribution in [2.45, 2.75) is 47.6 Å². The van der Waals surface area contributed by atoms with Crippen LogP contribution in [0.3, 0.4) is 0 Å². The molecule has 0 aliphatic heterocycles. The molecule has 34 heavy (non-hydrogen) atoms. The largest absolute Gasteiger partial charge is 0.465 e. The number of ether oxygens (including phenoxy) is 1. The summed E-state index contributed by atoms with van der Waals surface area (Å²) >= 11 is 3.34. The molecule has 4 N–H and O–H groups in total. The monoisotopic (exact) mass is 505 g/mol. The molecule has 2 atom stereocenters. The van der Waals surface area contributed by atoms with Gasteiger partial charge in [0, 0.05) is 24.7 Å². The van der Waals surface area contributed by atoms with E-state index in [1.54, 1.807) is 12.1 Å². The number of carbonyl (C=O) groups is 1. The second kappa shape index (κ2) is 12.8. The van der Waals surface area contributed by atoms with Crippen molar-refractivity contribution in [3.8, 4) is 0 Å². The molecule has 0 spiro atoms. The molecule has 9 heteroatoms. The molecule has 0 amide bonds. The van der Waals surface area contributed by atoms with Crippen LogP contribution in [-0.2, 0) is 33.8 Å². The Morgan fingerprint density at radius 1 is 1.06 bits per heavy atom. The summed E-state index contributed by atoms with van der Waals surface area (Å²) in [6.45, 7) is 11.1. The zero-order valence-electron chi connectivity index (χ0n) is 20.4. The summed E-state index contributed by atoms with van der Waals surface area (Å²) in [4.78, 5) is 12.3. The Bertz CT molecular complexity index is 1000. The summed E-state index contributed by atoms with van der Waals surface area (Å²) in [5, 5.41) is 6.91. The second-order valence-corrected chi connectivity index (χ2v) is 10.6. The van der Waals surface area contributed by atoms with Gasteiger partial charge >= 0.3 is 5.97 Å². The maximum atomic E-state index is 12.3. The van der Waals surface area contributed by atoms with Crippen LogP contribution in [0.5, 0.6) is 0 Å². The lowest BCUT2D eigenvalue weighted by Gasteiger charge is -2.22. The van der Waals surface area contributed by atoms with Crippen LogP contribution in [0.15, 0.2) is 42.5 Å². The summed E-state index contributed by atoms with van der Waals surface area (Å²) in [6.07, 6.45) is 0.759. The van der Waals surface area contributed by atoms with Crippen molar-refractivity contribution in [2.24, 2.45) is 11.3 Å². The zero-order chi connectivity index (χ0) is 25.3. The molecular weight excluding hydrogens is 470 g/mol. The number of thiocarbonyl (C=S) groups is 1. The number of nitrogens with one attached hydrogen (secondary N) is 3. The molecule has 0 aliphatic carbocycles. The fourth-order valence-corrected chi connectivity index (χ4v) is 3.63. The van der Waals surface area contributed by atoms with Crippen LogP contribution < -0.4 is 15.4 Å². The van der Waals surface area contributed by atoms with Crippen molar-refractivity contribution in [1.29, 1.82) is 0 Å². The first-order chi connectivity index (χ1) is 15.9. The predicted molar refractivity (Wildman–Crippen MR) is 142 cm³/mol. The predicted octanol–water partition coefficient (Wildman–Crippen LogP) is 4.26. The average Bonchev–Trinajstić information content (AvgIpc) is 2.76. The van der Waals surface area contributed by atoms with E-state index in [-0.39, 0.29) is 11.9 Å². The SMILES string of the molecule is Cc1ccc(CC(CNC(=S)NCc2ccc(NS(=O)O)cc2)COC(=O)C(C)(C)C)cc1C. The van der Waals surface area contributed by atoms with E-state index in [2.05, 4.69) is 47.4 Å². The molecule has 0 aliphatic rings. The van der Waals surface area contributed by atoms with E-state index in [0.717, 1.165) is 12.0 Å². The smallest absolute Gasteiger partial charge is 0.311 e. The maximum absolute atomic E-state index is 12.3. The molecule has 7 nitrogen and oxygen atoms in total. The van der Waals surface area contributed by atoms with Crippen LogP contribution in [0.2, 0.25) is 0 Å². The molecular formula is C25H35N3O4S2. The summed E-state index contributed by atoms with van der Waals surface area (Å²) in [5.74, 6) is -0.167. The van der Waals surface area contributed by atoms with Gasteiger partial charge in [0.1, 0.15) is 0 Å². The van der Waals surface area contributed by atoms with Crippen LogP contribution in [0.1, 0.15) is 43.0 Å². The van der Waals surface area contributed by atoms with Crippen molar-refractivity contribution in [3.63, 3.8) is 0 Å². The number of hydrogen-bond donors (Lipinski definition) is 4. The molecule has 0 radical (unpaired) electrons. The van der Waals surface area contributed by atoms with E-state index in [0.29, 0.717) is 30.5 Å². The standard InChI is InChI=1S/C25H35N3O4S2/c1-17-6-7-20(12-18(17)2)13-21(16-32-23(29)25(3,4)5)15-27-24(33)26-14-19-8-10-22(11-9-19)28-34(30)31/h6-12,21,28H,13-16H2,1-5H3,(H,30,31)(H2,26,27,33). The summed E-state index contributed by atoms with van der Waals surface area (Å²) < 4.78 is 27.7. The highest BCUT2D eigenvalue weighted by molar-refractivity contribution is 7.80. The van der Waals surface area contributed by atoms with Crippen LogP contribution in [0.4, 0.5) is 5.69 Å². The fourth-order valence-electron chi connectivity index (χ4n) is 3.14. The topological polar surface area (TPSA) is 99.7 Å². The van der Waals surface area contributed by atoms with Gasteiger partial charge in [-0.05, 0) is 87.6 Å². The third-order valence-electron chi connectivity index (χ3n) is 5.32. The first kappa shape index (κ1) is 27.8. The lowest BCUT2D eigenvalue weighted by atomic mass is 9.96. The highest BCUT2D eigenvalue weighted by atomic mass is 32.2. The number of benzene rings is 2. The molecule has 2 aromatic rings. The van der Waals surface area contributed by atoms with E-state index in [4.69, 9.17) is 21.5 Å². The molecule has 2 aromatic carbocycles. The van der Waals surface area contributed by atoms with Crippen molar-refractivity contribution >= 4 is 40.3 Å². The molecule has 0 heterocycles. The Balaban J connectivity index is 1.92. The second-order valence-electron chi connectivity index (χ2n) is 9.45. The Labute approximate surface area is 210 Å². The number of hydrogen-bond acceptors (Lipinski definition) is 4. The maximum Gasteiger partial charge on any atom is 0.311 e. The number of rotatable bonds is 10. The van der Waals surface area contributed by atoms with Gasteiger partial charge in [0.2, 0.25) is 0 Å². The average molecular weight is 506 g/mol. The highest BCUT2D eigenvalue weighted by Gasteiger charge is 2.24. The van der Waals surface area contributed by atoms with Gasteiger partial charge in [0.15, 0.2) is 5.11 Å². The third-order valence-corrected chi connectivity index (χ3v) is 6.02. The Hall–Kier alpha value is -2.49. The minimum Gasteiger partial charge on any atom is -0.465 e. The van der Waals surface area contributed by atoms with Crippen molar-refractivity contribution in [1.82, 2.24) is 10.6 Å². The van der Waals surface area contributed by atoms with Gasteiger partial charge in [0.25, 0.3) is 11.3 Å². The van der Waals surface area contributed by atoms with Gasteiger partial charge in [-0.3, -0.25) is 14.1 Å². The molecule has 186 valence electrons. The summed E-state index contributed by atoms with van der Waals surface area (Å²) in [7, 11) is 0. The summed E-state index contributed by atoms with van der Waals surface area (Å²) in [6, 6.07) is 13.5. The van der Waals surface area contributed by atoms with Crippen molar-refractivity contribution < 1.29 is 18.3 Å². The molecule has 2 unspecified atom stereocenters. The van der Waals surface area contributed by atoms with E-state index in [1.165, 1.54) is 16.7 Å². The lowest BCUT2D eigenvalue weighted by Crippen LogP contribution is -2.39. The van der Waals surface area contributed by atoms with Crippen molar-refractivity contribution in [2.75, 3.05) is 17.9 Å². The molecule has 0 saturated heterocycles. The molecule has 0 bridgehead atoms. The van der Waals surface area contributed by atoms with E-state index < -0.39 is 16.7 Å². The Morgan fingerprint density at radius 2 is 1.71 bits per heavy atom. The van der Waals surface area contributed by atoms with Gasteiger partial charge in [-0.25, -0.2) is 4.21 Å². The minimum atomic E-state index is -2.10. The lowest BCUT2D eigenvalue weighted by molar-refractivity contribution is -0.154. The van der Waals surface area contributed by atoms with Gasteiger partial charge in [-0.2, -0.15) is 0 Å². The van der Waals surface area contributed by atoms with E-state index in [1.807, 2.05) is 32.9 Å². The number of esters is 1. The van der Waals surface area contributed by atoms with Crippen LogP contribution >= 0.6 is 12.2 Å². The van der Waals surface area contributed by atoms with Crippen LogP contribution in [0, 0.1) is 25.2 Å². The van der Waals surface area contributed by atoms with Gasteiger partial charge in [-0.1, -0.05) is 30.3 Å². The number of anilines is 1. The highest BCUT2D eigenvalue weighted by Crippen LogP contribution is 2.18. The fraction of sp³-hybridized carbons (Fsp3) is 0.440. The summed E-state index contributed by atoms with van der Waals surface area (Å²) in [5.41, 5.74) is 4.66. The Kier molecular flexibility index (Phi) is 10.5. The Morgan fingerprint density at radius 3 is 2.29 bits per heavy atom. The van der Waals surface area contributed by atoms with Crippen LogP contribution in [0.25, 0.3) is 0 Å².